The van der Waals surface area contributed by atoms with Crippen molar-refractivity contribution in [3.63, 3.8) is 0 Å². The zero-order valence-electron chi connectivity index (χ0n) is 17.4. The Morgan fingerprint density at radius 2 is 2.00 bits per heavy atom. The van der Waals surface area contributed by atoms with Crippen molar-refractivity contribution in [2.75, 3.05) is 11.9 Å². The second-order valence-corrected chi connectivity index (χ2v) is 9.98. The summed E-state index contributed by atoms with van der Waals surface area (Å²) in [5, 5.41) is 7.09. The van der Waals surface area contributed by atoms with Crippen molar-refractivity contribution >= 4 is 44.5 Å². The predicted octanol–water partition coefficient (Wildman–Crippen LogP) is 5.58. The van der Waals surface area contributed by atoms with Gasteiger partial charge in [0, 0.05) is 17.6 Å². The molecule has 5 rings (SSSR count). The Balaban J connectivity index is 1.22. The average molecular weight is 449 g/mol. The van der Waals surface area contributed by atoms with Crippen molar-refractivity contribution in [3.8, 4) is 0 Å². The lowest BCUT2D eigenvalue weighted by molar-refractivity contribution is -0.115. The average Bonchev–Trinajstić information content (AvgIpc) is 3.49. The van der Waals surface area contributed by atoms with Crippen molar-refractivity contribution in [2.24, 2.45) is 0 Å². The number of nitrogens with one attached hydrogen (secondary N) is 1. The third-order valence-corrected chi connectivity index (χ3v) is 7.61. The van der Waals surface area contributed by atoms with Gasteiger partial charge in [-0.25, -0.2) is 9.97 Å². The quantitative estimate of drug-likeness (QED) is 0.418. The van der Waals surface area contributed by atoms with Crippen LogP contribution >= 0.6 is 22.7 Å². The number of nitrogens with zero attached hydrogens (tertiary/aromatic N) is 3. The van der Waals surface area contributed by atoms with Gasteiger partial charge < -0.3 is 5.32 Å². The smallest absolute Gasteiger partial charge is 0.231 e. The highest BCUT2D eigenvalue weighted by molar-refractivity contribution is 7.18. The highest BCUT2D eigenvalue weighted by Crippen LogP contribution is 2.37. The molecule has 158 valence electrons. The molecule has 1 aliphatic rings. The number of thiazole rings is 2. The predicted molar refractivity (Wildman–Crippen MR) is 128 cm³/mol. The first-order valence-corrected chi connectivity index (χ1v) is 12.2. The van der Waals surface area contributed by atoms with E-state index in [2.05, 4.69) is 33.8 Å². The van der Waals surface area contributed by atoms with Crippen LogP contribution < -0.4 is 5.32 Å². The number of carbonyl (C=O) groups is 1. The van der Waals surface area contributed by atoms with Crippen molar-refractivity contribution in [2.45, 2.75) is 38.8 Å². The van der Waals surface area contributed by atoms with E-state index in [-0.39, 0.29) is 5.91 Å². The van der Waals surface area contributed by atoms with Crippen molar-refractivity contribution in [1.82, 2.24) is 14.9 Å². The molecular weight excluding hydrogens is 424 g/mol. The summed E-state index contributed by atoms with van der Waals surface area (Å²) in [5.41, 5.74) is 4.12. The molecule has 0 aliphatic carbocycles. The number of para-hydroxylation sites is 1. The van der Waals surface area contributed by atoms with Crippen molar-refractivity contribution < 1.29 is 4.79 Å². The minimum Gasteiger partial charge on any atom is -0.326 e. The van der Waals surface area contributed by atoms with E-state index in [0.29, 0.717) is 12.5 Å². The first-order chi connectivity index (χ1) is 15.1. The maximum Gasteiger partial charge on any atom is 0.231 e. The molecule has 1 N–H and O–H groups in total. The molecule has 0 bridgehead atoms. The van der Waals surface area contributed by atoms with E-state index in [4.69, 9.17) is 9.97 Å². The molecular formula is C24H24N4OS2. The summed E-state index contributed by atoms with van der Waals surface area (Å²) in [4.78, 5) is 24.5. The van der Waals surface area contributed by atoms with Crippen LogP contribution in [0.2, 0.25) is 0 Å². The number of amides is 1. The Morgan fingerprint density at radius 1 is 1.16 bits per heavy atom. The van der Waals surface area contributed by atoms with E-state index in [1.165, 1.54) is 21.7 Å². The molecule has 2 aromatic carbocycles. The molecule has 31 heavy (non-hydrogen) atoms. The molecule has 1 aliphatic heterocycles. The van der Waals surface area contributed by atoms with Gasteiger partial charge in [-0.3, -0.25) is 9.69 Å². The molecule has 0 spiro atoms. The Morgan fingerprint density at radius 3 is 2.84 bits per heavy atom. The summed E-state index contributed by atoms with van der Waals surface area (Å²) in [6, 6.07) is 16.5. The largest absolute Gasteiger partial charge is 0.326 e. The molecule has 1 saturated heterocycles. The Bertz CT molecular complexity index is 1160. The highest BCUT2D eigenvalue weighted by atomic mass is 32.1. The van der Waals surface area contributed by atoms with Crippen molar-refractivity contribution in [1.29, 1.82) is 0 Å². The summed E-state index contributed by atoms with van der Waals surface area (Å²) in [6.07, 6.45) is 2.62. The fourth-order valence-corrected chi connectivity index (χ4v) is 5.94. The van der Waals surface area contributed by atoms with E-state index in [1.54, 1.807) is 22.7 Å². The zero-order chi connectivity index (χ0) is 21.2. The van der Waals surface area contributed by atoms with E-state index in [9.17, 15) is 4.79 Å². The minimum atomic E-state index is -0.0294. The van der Waals surface area contributed by atoms with Crippen LogP contribution in [0.1, 0.15) is 40.2 Å². The molecule has 4 aromatic rings. The van der Waals surface area contributed by atoms with Crippen molar-refractivity contribution in [3.05, 3.63) is 75.2 Å². The summed E-state index contributed by atoms with van der Waals surface area (Å²) in [7, 11) is 0. The lowest BCUT2D eigenvalue weighted by Gasteiger charge is -2.21. The van der Waals surface area contributed by atoms with Crippen LogP contribution in [-0.4, -0.2) is 27.3 Å². The molecule has 3 heterocycles. The van der Waals surface area contributed by atoms with Crippen LogP contribution in [0.25, 0.3) is 10.2 Å². The fraction of sp³-hybridized carbons (Fsp3) is 0.292. The molecule has 7 heteroatoms. The summed E-state index contributed by atoms with van der Waals surface area (Å²) < 4.78 is 1.25. The number of aryl methyl sites for hydroxylation is 1. The Kier molecular flexibility index (Phi) is 5.80. The van der Waals surface area contributed by atoms with Gasteiger partial charge in [-0.15, -0.1) is 22.7 Å². The monoisotopic (exact) mass is 448 g/mol. The molecule has 1 fully saturated rings. The number of carbonyl (C=O) groups excluding carboxylic acids is 1. The van der Waals surface area contributed by atoms with Gasteiger partial charge in [0.15, 0.2) is 0 Å². The van der Waals surface area contributed by atoms with E-state index >= 15 is 0 Å². The lowest BCUT2D eigenvalue weighted by Crippen LogP contribution is -2.23. The van der Waals surface area contributed by atoms with Gasteiger partial charge in [0.1, 0.15) is 10.0 Å². The molecule has 2 aromatic heterocycles. The number of fused-ring (bicyclic) bond motifs is 1. The standard InChI is InChI=1S/C24H24N4OS2/c1-16-8-10-17(11-9-16)25-22(29)13-23-26-18(15-30-23)14-28-12-4-6-20(28)24-27-19-5-2-3-7-21(19)31-24/h2-3,5,7-11,15,20H,4,6,12-14H2,1H3,(H,25,29). The first-order valence-electron chi connectivity index (χ1n) is 10.5. The van der Waals surface area contributed by atoms with Gasteiger partial charge in [-0.05, 0) is 50.6 Å². The fourth-order valence-electron chi connectivity index (χ4n) is 4.02. The van der Waals surface area contributed by atoms with E-state index < -0.39 is 0 Å². The third kappa shape index (κ3) is 4.69. The van der Waals surface area contributed by atoms with Gasteiger partial charge in [0.25, 0.3) is 0 Å². The van der Waals surface area contributed by atoms with Gasteiger partial charge >= 0.3 is 0 Å². The minimum absolute atomic E-state index is 0.0294. The van der Waals surface area contributed by atoms with Crippen LogP contribution in [-0.2, 0) is 17.8 Å². The number of rotatable bonds is 6. The number of aromatic nitrogens is 2. The highest BCUT2D eigenvalue weighted by Gasteiger charge is 2.29. The second kappa shape index (κ2) is 8.86. The number of hydrogen-bond acceptors (Lipinski definition) is 6. The molecule has 1 unspecified atom stereocenters. The Labute approximate surface area is 189 Å². The number of anilines is 1. The number of benzene rings is 2. The molecule has 5 nitrogen and oxygen atoms in total. The van der Waals surface area contributed by atoms with E-state index in [0.717, 1.165) is 41.4 Å². The van der Waals surface area contributed by atoms with Crippen LogP contribution in [0.5, 0.6) is 0 Å². The zero-order valence-corrected chi connectivity index (χ0v) is 19.0. The summed E-state index contributed by atoms with van der Waals surface area (Å²) in [6.45, 7) is 3.89. The number of hydrogen-bond donors (Lipinski definition) is 1. The van der Waals surface area contributed by atoms with E-state index in [1.807, 2.05) is 37.3 Å². The second-order valence-electron chi connectivity index (χ2n) is 7.97. The SMILES string of the molecule is Cc1ccc(NC(=O)Cc2nc(CN3CCCC3c3nc4ccccc4s3)cs2)cc1. The molecule has 0 radical (unpaired) electrons. The normalized spacial score (nSPS) is 16.7. The number of likely N-dealkylation sites (tertiary alicyclic amines) is 1. The topological polar surface area (TPSA) is 58.1 Å². The van der Waals surface area contributed by atoms with Crippen LogP contribution in [0, 0.1) is 6.92 Å². The van der Waals surface area contributed by atoms with Gasteiger partial charge in [-0.2, -0.15) is 0 Å². The lowest BCUT2D eigenvalue weighted by atomic mass is 10.2. The summed E-state index contributed by atoms with van der Waals surface area (Å²) >= 11 is 3.36. The Hall–Kier alpha value is -2.61. The van der Waals surface area contributed by atoms with Gasteiger partial charge in [0.05, 0.1) is 28.4 Å². The van der Waals surface area contributed by atoms with Crippen LogP contribution in [0.3, 0.4) is 0 Å². The van der Waals surface area contributed by atoms with Gasteiger partial charge in [0.2, 0.25) is 5.91 Å². The summed E-state index contributed by atoms with van der Waals surface area (Å²) in [5.74, 6) is -0.0294. The maximum atomic E-state index is 12.4. The third-order valence-electron chi connectivity index (χ3n) is 5.57. The van der Waals surface area contributed by atoms with Crippen LogP contribution in [0.15, 0.2) is 53.9 Å². The maximum absolute atomic E-state index is 12.4. The molecule has 1 atom stereocenters. The first kappa shape index (κ1) is 20.3. The molecule has 1 amide bonds. The van der Waals surface area contributed by atoms with Gasteiger partial charge in [-0.1, -0.05) is 29.8 Å². The molecule has 0 saturated carbocycles. The van der Waals surface area contributed by atoms with Crippen LogP contribution in [0.4, 0.5) is 5.69 Å².